The first-order chi connectivity index (χ1) is 9.16. The molecule has 0 amide bonds. The van der Waals surface area contributed by atoms with Gasteiger partial charge in [-0.3, -0.25) is 14.9 Å². The molecule has 0 radical (unpaired) electrons. The van der Waals surface area contributed by atoms with Crippen molar-refractivity contribution in [3.8, 4) is 0 Å². The number of ketones is 1. The van der Waals surface area contributed by atoms with Crippen LogP contribution in [0.2, 0.25) is 0 Å². The minimum Gasteiger partial charge on any atom is -0.289 e. The van der Waals surface area contributed by atoms with Crippen LogP contribution in [0.5, 0.6) is 0 Å². The summed E-state index contributed by atoms with van der Waals surface area (Å²) in [7, 11) is 0. The molecule has 0 spiro atoms. The molecule has 0 fully saturated rings. The van der Waals surface area contributed by atoms with Crippen molar-refractivity contribution in [3.63, 3.8) is 0 Å². The molecule has 5 heteroatoms. The van der Waals surface area contributed by atoms with E-state index < -0.39 is 4.92 Å². The van der Waals surface area contributed by atoms with Crippen LogP contribution < -0.4 is 4.57 Å². The minimum atomic E-state index is -0.496. The van der Waals surface area contributed by atoms with Gasteiger partial charge in [0.1, 0.15) is 0 Å². The number of allylic oxidation sites excluding steroid dienone is 1. The Labute approximate surface area is 109 Å². The second-order valence-electron chi connectivity index (χ2n) is 3.81. The summed E-state index contributed by atoms with van der Waals surface area (Å²) in [5, 5.41) is 10.5. The summed E-state index contributed by atoms with van der Waals surface area (Å²) < 4.78 is 1.74. The molecule has 0 unspecified atom stereocenters. The molecular weight excluding hydrogens is 244 g/mol. The van der Waals surface area contributed by atoms with Gasteiger partial charge in [-0.25, -0.2) is 0 Å². The highest BCUT2D eigenvalue weighted by Gasteiger charge is 2.07. The Morgan fingerprint density at radius 3 is 2.32 bits per heavy atom. The van der Waals surface area contributed by atoms with Gasteiger partial charge in [-0.15, -0.1) is 0 Å². The number of nitro groups is 1. The molecule has 0 aliphatic heterocycles. The largest absolute Gasteiger partial charge is 0.289 e. The highest BCUT2D eigenvalue weighted by Crippen LogP contribution is 2.12. The van der Waals surface area contributed by atoms with Gasteiger partial charge in [0, 0.05) is 29.8 Å². The van der Waals surface area contributed by atoms with Crippen molar-refractivity contribution in [3.05, 3.63) is 76.6 Å². The number of rotatable bonds is 4. The van der Waals surface area contributed by atoms with Crippen molar-refractivity contribution in [2.24, 2.45) is 0 Å². The maximum absolute atomic E-state index is 11.8. The van der Waals surface area contributed by atoms with Crippen LogP contribution >= 0.6 is 0 Å². The lowest BCUT2D eigenvalue weighted by atomic mass is 10.1. The van der Waals surface area contributed by atoms with Crippen LogP contribution in [0.15, 0.2) is 60.9 Å². The molecule has 2 rings (SSSR count). The number of carbonyl (C=O) groups excluding carboxylic acids is 1. The lowest BCUT2D eigenvalue weighted by molar-refractivity contribution is -0.568. The number of hydrogen-bond acceptors (Lipinski definition) is 3. The summed E-state index contributed by atoms with van der Waals surface area (Å²) in [4.78, 5) is 21.8. The number of aromatic nitrogens is 1. The molecule has 0 saturated carbocycles. The summed E-state index contributed by atoms with van der Waals surface area (Å²) in [6.45, 7) is 0. The van der Waals surface area contributed by atoms with Crippen LogP contribution in [0.3, 0.4) is 0 Å². The predicted octanol–water partition coefficient (Wildman–Crippen LogP) is 2.24. The van der Waals surface area contributed by atoms with Gasteiger partial charge < -0.3 is 0 Å². The SMILES string of the molecule is O=C(/C=C/[n+]1ccccc1)c1ccc([N+](=O)[O-])cc1. The molecule has 0 aliphatic rings. The van der Waals surface area contributed by atoms with Gasteiger partial charge in [-0.2, -0.15) is 4.57 Å². The average molecular weight is 255 g/mol. The Morgan fingerprint density at radius 2 is 1.74 bits per heavy atom. The number of non-ortho nitro benzene ring substituents is 1. The first kappa shape index (κ1) is 12.6. The van der Waals surface area contributed by atoms with Crippen molar-refractivity contribution in [2.75, 3.05) is 0 Å². The first-order valence-corrected chi connectivity index (χ1v) is 5.59. The molecule has 0 saturated heterocycles. The molecule has 1 aromatic carbocycles. The Hall–Kier alpha value is -2.82. The van der Waals surface area contributed by atoms with E-state index in [1.165, 1.54) is 30.3 Å². The Morgan fingerprint density at radius 1 is 1.11 bits per heavy atom. The zero-order valence-electron chi connectivity index (χ0n) is 9.97. The van der Waals surface area contributed by atoms with Gasteiger partial charge >= 0.3 is 0 Å². The van der Waals surface area contributed by atoms with Gasteiger partial charge in [0.2, 0.25) is 0 Å². The molecule has 2 aromatic rings. The van der Waals surface area contributed by atoms with Crippen LogP contribution in [-0.4, -0.2) is 10.7 Å². The number of benzene rings is 1. The lowest BCUT2D eigenvalue weighted by Crippen LogP contribution is -2.23. The fourth-order valence-corrected chi connectivity index (χ4v) is 1.51. The van der Waals surface area contributed by atoms with Gasteiger partial charge in [0.15, 0.2) is 24.4 Å². The van der Waals surface area contributed by atoms with Gasteiger partial charge in [-0.05, 0) is 12.1 Å². The van der Waals surface area contributed by atoms with Crippen LogP contribution in [0.1, 0.15) is 10.4 Å². The predicted molar refractivity (Wildman–Crippen MR) is 69.4 cm³/mol. The van der Waals surface area contributed by atoms with E-state index in [1.807, 2.05) is 18.2 Å². The van der Waals surface area contributed by atoms with Gasteiger partial charge in [0.05, 0.1) is 11.0 Å². The molecule has 0 atom stereocenters. The zero-order valence-corrected chi connectivity index (χ0v) is 9.97. The number of nitro benzene ring substituents is 1. The first-order valence-electron chi connectivity index (χ1n) is 5.59. The van der Waals surface area contributed by atoms with Crippen LogP contribution in [0, 0.1) is 10.1 Å². The summed E-state index contributed by atoms with van der Waals surface area (Å²) in [5.74, 6) is -0.203. The highest BCUT2D eigenvalue weighted by atomic mass is 16.6. The van der Waals surface area contributed by atoms with Crippen molar-refractivity contribution in [1.82, 2.24) is 0 Å². The summed E-state index contributed by atoms with van der Waals surface area (Å²) in [5.41, 5.74) is 0.386. The fraction of sp³-hybridized carbons (Fsp3) is 0. The molecule has 1 heterocycles. The van der Waals surface area contributed by atoms with Gasteiger partial charge in [-0.1, -0.05) is 6.07 Å². The Kier molecular flexibility index (Phi) is 3.78. The summed E-state index contributed by atoms with van der Waals surface area (Å²) in [6.07, 6.45) is 6.66. The maximum atomic E-state index is 11.8. The van der Waals surface area contributed by atoms with Crippen LogP contribution in [0.25, 0.3) is 6.20 Å². The molecule has 0 bridgehead atoms. The van der Waals surface area contributed by atoms with Crippen LogP contribution in [0.4, 0.5) is 5.69 Å². The third kappa shape index (κ3) is 3.32. The van der Waals surface area contributed by atoms with E-state index in [9.17, 15) is 14.9 Å². The zero-order chi connectivity index (χ0) is 13.7. The summed E-state index contributed by atoms with van der Waals surface area (Å²) >= 11 is 0. The molecule has 94 valence electrons. The minimum absolute atomic E-state index is 0.0297. The second-order valence-corrected chi connectivity index (χ2v) is 3.81. The van der Waals surface area contributed by atoms with E-state index in [4.69, 9.17) is 0 Å². The molecule has 19 heavy (non-hydrogen) atoms. The maximum Gasteiger partial charge on any atom is 0.269 e. The quantitative estimate of drug-likeness (QED) is 0.277. The third-order valence-corrected chi connectivity index (χ3v) is 2.50. The van der Waals surface area contributed by atoms with Gasteiger partial charge in [0.25, 0.3) is 5.69 Å². The van der Waals surface area contributed by atoms with Crippen molar-refractivity contribution >= 4 is 17.7 Å². The van der Waals surface area contributed by atoms with E-state index in [-0.39, 0.29) is 11.5 Å². The lowest BCUT2D eigenvalue weighted by Gasteiger charge is -1.94. The highest BCUT2D eigenvalue weighted by molar-refractivity contribution is 6.05. The Balaban J connectivity index is 2.12. The van der Waals surface area contributed by atoms with E-state index >= 15 is 0 Å². The van der Waals surface area contributed by atoms with Crippen molar-refractivity contribution in [1.29, 1.82) is 0 Å². The van der Waals surface area contributed by atoms with Crippen LogP contribution in [-0.2, 0) is 0 Å². The molecule has 0 N–H and O–H groups in total. The Bertz CT molecular complexity index is 619. The average Bonchev–Trinajstić information content (AvgIpc) is 2.46. The standard InChI is InChI=1S/C14H11N2O3/c17-14(8-11-15-9-2-1-3-10-15)12-4-6-13(7-5-12)16(18)19/h1-11H/q+1/b11-8+. The van der Waals surface area contributed by atoms with E-state index in [0.29, 0.717) is 5.56 Å². The summed E-state index contributed by atoms with van der Waals surface area (Å²) in [6, 6.07) is 11.1. The molecule has 5 nitrogen and oxygen atoms in total. The van der Waals surface area contributed by atoms with Crippen molar-refractivity contribution in [2.45, 2.75) is 0 Å². The number of hydrogen-bond donors (Lipinski definition) is 0. The number of nitrogens with zero attached hydrogens (tertiary/aromatic N) is 2. The topological polar surface area (TPSA) is 64.1 Å². The smallest absolute Gasteiger partial charge is 0.269 e. The monoisotopic (exact) mass is 255 g/mol. The molecule has 0 aliphatic carbocycles. The molecular formula is C14H11N2O3+. The van der Waals surface area contributed by atoms with E-state index in [2.05, 4.69) is 0 Å². The number of pyridine rings is 1. The number of carbonyl (C=O) groups is 1. The fourth-order valence-electron chi connectivity index (χ4n) is 1.51. The van der Waals surface area contributed by atoms with E-state index in [1.54, 1.807) is 23.2 Å². The normalized spacial score (nSPS) is 10.5. The van der Waals surface area contributed by atoms with E-state index in [0.717, 1.165) is 0 Å². The molecule has 1 aromatic heterocycles. The third-order valence-electron chi connectivity index (χ3n) is 2.50. The second kappa shape index (κ2) is 5.68. The van der Waals surface area contributed by atoms with Crippen molar-refractivity contribution < 1.29 is 14.3 Å².